The van der Waals surface area contributed by atoms with Crippen LogP contribution in [0.2, 0.25) is 0 Å². The van der Waals surface area contributed by atoms with Crippen LogP contribution in [0.3, 0.4) is 0 Å². The number of ketones is 6. The van der Waals surface area contributed by atoms with Crippen molar-refractivity contribution in [3.63, 3.8) is 0 Å². The fraction of sp³-hybridized carbons (Fsp3) is 0.103. The topological polar surface area (TPSA) is 217 Å². The molecular formula is C58H46O12. The minimum atomic E-state index is -0.0641. The lowest BCUT2D eigenvalue weighted by Crippen LogP contribution is -2.24. The monoisotopic (exact) mass is 934 g/mol. The van der Waals surface area contributed by atoms with Gasteiger partial charge in [-0.1, -0.05) is 165 Å². The predicted molar refractivity (Wildman–Crippen MR) is 268 cm³/mol. The molecule has 4 aliphatic carbocycles. The molecular weight excluding hydrogens is 889 g/mol. The standard InChI is InChI=1S/C16H16O2.C14H10O2.2C14H8O2.H2O2.O2.H2/c1-2-10-7-8-13-14(9-10)16(18)12-6-4-3-5-11(12)15(13)17;3*15-13-9-5-1-2-6-10(9)14(16)12-8-4-3-7-11(12)13;2*1-2;/h7-9H,2-6H2,1H3;1-8,15-16H;2*1-8H;1-2H;;1H. The number of rotatable bonds is 1. The summed E-state index contributed by atoms with van der Waals surface area (Å²) in [5.74, 6) is 0.373. The lowest BCUT2D eigenvalue weighted by molar-refractivity contribution is -0.176. The lowest BCUT2D eigenvalue weighted by Gasteiger charge is -2.24. The molecule has 4 aliphatic rings. The predicted octanol–water partition coefficient (Wildman–Crippen LogP) is 12.2. The van der Waals surface area contributed by atoms with Gasteiger partial charge in [0.2, 0.25) is 0 Å². The molecule has 0 saturated heterocycles. The summed E-state index contributed by atoms with van der Waals surface area (Å²) >= 11 is 0. The van der Waals surface area contributed by atoms with Crippen LogP contribution in [0.25, 0.3) is 21.5 Å². The van der Waals surface area contributed by atoms with E-state index in [9.17, 15) is 39.0 Å². The van der Waals surface area contributed by atoms with Crippen molar-refractivity contribution in [1.82, 2.24) is 0 Å². The van der Waals surface area contributed by atoms with Crippen LogP contribution in [-0.4, -0.2) is 55.4 Å². The molecule has 0 spiro atoms. The molecule has 8 aromatic rings. The molecule has 0 radical (unpaired) electrons. The fourth-order valence-electron chi connectivity index (χ4n) is 9.11. The highest BCUT2D eigenvalue weighted by molar-refractivity contribution is 6.29. The third kappa shape index (κ3) is 9.24. The Morgan fingerprint density at radius 2 is 0.600 bits per heavy atom. The summed E-state index contributed by atoms with van der Waals surface area (Å²) in [6.45, 7) is 2.06. The highest BCUT2D eigenvalue weighted by Gasteiger charge is 2.33. The molecule has 0 amide bonds. The first-order valence-corrected chi connectivity index (χ1v) is 22.3. The molecule has 4 N–H and O–H groups in total. The van der Waals surface area contributed by atoms with Crippen LogP contribution in [0.5, 0.6) is 11.5 Å². The minimum Gasteiger partial charge on any atom is -0.507 e. The van der Waals surface area contributed by atoms with Crippen molar-refractivity contribution in [3.05, 3.63) is 246 Å². The van der Waals surface area contributed by atoms with Gasteiger partial charge in [-0.3, -0.25) is 39.3 Å². The average molecular weight is 935 g/mol. The molecule has 0 aliphatic heterocycles. The van der Waals surface area contributed by atoms with Crippen LogP contribution in [-0.2, 0) is 6.42 Å². The second-order valence-corrected chi connectivity index (χ2v) is 16.3. The second kappa shape index (κ2) is 21.9. The average Bonchev–Trinajstić information content (AvgIpc) is 3.44. The number of allylic oxidation sites excluding steroid dienone is 2. The Labute approximate surface area is 402 Å². The number of benzene rings is 8. The Kier molecular flexibility index (Phi) is 15.3. The number of carbonyl (C=O) groups excluding carboxylic acids is 6. The Hall–Kier alpha value is -8.84. The highest BCUT2D eigenvalue weighted by atomic mass is 17.0. The Morgan fingerprint density at radius 3 is 0.871 bits per heavy atom. The van der Waals surface area contributed by atoms with Crippen LogP contribution in [0, 0.1) is 9.93 Å². The van der Waals surface area contributed by atoms with Gasteiger partial charge < -0.3 is 10.2 Å². The molecule has 8 aromatic carbocycles. The van der Waals surface area contributed by atoms with Crippen molar-refractivity contribution in [2.45, 2.75) is 39.0 Å². The molecule has 0 fully saturated rings. The number of aromatic hydroxyl groups is 2. The third-order valence-electron chi connectivity index (χ3n) is 12.5. The van der Waals surface area contributed by atoms with Gasteiger partial charge in [0.05, 0.1) is 0 Å². The minimum absolute atomic E-state index is 0. The number of hydrogen-bond donors (Lipinski definition) is 4. The molecule has 0 unspecified atom stereocenters. The van der Waals surface area contributed by atoms with E-state index in [1.165, 1.54) is 0 Å². The normalized spacial score (nSPS) is 13.5. The summed E-state index contributed by atoms with van der Waals surface area (Å²) in [6, 6.07) is 48.1. The summed E-state index contributed by atoms with van der Waals surface area (Å²) in [5, 5.41) is 35.0. The molecule has 0 atom stereocenters. The molecule has 0 bridgehead atoms. The van der Waals surface area contributed by atoms with E-state index in [0.29, 0.717) is 77.2 Å². The van der Waals surface area contributed by atoms with Crippen LogP contribution < -0.4 is 0 Å². The van der Waals surface area contributed by atoms with Gasteiger partial charge in [-0.05, 0) is 43.7 Å². The van der Waals surface area contributed by atoms with E-state index in [1.807, 2.05) is 42.5 Å². The lowest BCUT2D eigenvalue weighted by atomic mass is 9.77. The number of carbonyl (C=O) groups is 6. The van der Waals surface area contributed by atoms with Gasteiger partial charge in [0.15, 0.2) is 34.7 Å². The number of fused-ring (bicyclic) bond motifs is 7. The van der Waals surface area contributed by atoms with Crippen LogP contribution in [0.4, 0.5) is 0 Å². The van der Waals surface area contributed by atoms with E-state index in [0.717, 1.165) is 48.8 Å². The summed E-state index contributed by atoms with van der Waals surface area (Å²) in [7, 11) is 0. The van der Waals surface area contributed by atoms with Gasteiger partial charge >= 0.3 is 0 Å². The summed E-state index contributed by atoms with van der Waals surface area (Å²) in [6.07, 6.45) is 4.49. The molecule has 0 saturated carbocycles. The van der Waals surface area contributed by atoms with E-state index >= 15 is 0 Å². The molecule has 0 aromatic heterocycles. The highest BCUT2D eigenvalue weighted by Crippen LogP contribution is 2.41. The maximum Gasteiger partial charge on any atom is 0.194 e. The molecule has 12 nitrogen and oxygen atoms in total. The van der Waals surface area contributed by atoms with Crippen molar-refractivity contribution in [2.75, 3.05) is 0 Å². The van der Waals surface area contributed by atoms with E-state index < -0.39 is 0 Å². The van der Waals surface area contributed by atoms with Crippen molar-refractivity contribution in [3.8, 4) is 11.5 Å². The van der Waals surface area contributed by atoms with Gasteiger partial charge in [0.1, 0.15) is 11.5 Å². The first-order chi connectivity index (χ1) is 34.1. The maximum absolute atomic E-state index is 12.5. The van der Waals surface area contributed by atoms with Gasteiger partial charge in [0.25, 0.3) is 0 Å². The Bertz CT molecular complexity index is 2990. The molecule has 70 heavy (non-hydrogen) atoms. The zero-order valence-electron chi connectivity index (χ0n) is 37.7. The maximum atomic E-state index is 12.5. The van der Waals surface area contributed by atoms with Gasteiger partial charge in [0, 0.05) is 99.7 Å². The third-order valence-corrected chi connectivity index (χ3v) is 12.5. The van der Waals surface area contributed by atoms with E-state index in [4.69, 9.17) is 20.4 Å². The quantitative estimate of drug-likeness (QED) is 0.0523. The van der Waals surface area contributed by atoms with Crippen LogP contribution in [0.15, 0.2) is 175 Å². The van der Waals surface area contributed by atoms with Crippen molar-refractivity contribution in [1.29, 1.82) is 0 Å². The second-order valence-electron chi connectivity index (χ2n) is 16.3. The SMILES string of the molecule is CCc1ccc2c(c1)C(=O)C1=C(CCCC1)C2=O.O=C1c2ccccc2C(=O)c2ccccc21.O=C1c2ccccc2C(=O)c2ccccc21.O=O.OO.Oc1c2ccccc2c(O)c2ccccc12.[HH]. The number of phenolic OH excluding ortho intramolecular Hbond substituents is 2. The summed E-state index contributed by atoms with van der Waals surface area (Å²) in [4.78, 5) is 87.2. The summed E-state index contributed by atoms with van der Waals surface area (Å²) < 4.78 is 0. The first kappa shape index (κ1) is 49.1. The van der Waals surface area contributed by atoms with Crippen molar-refractivity contribution < 1.29 is 50.9 Å². The van der Waals surface area contributed by atoms with Gasteiger partial charge in [-0.15, -0.1) is 0 Å². The van der Waals surface area contributed by atoms with E-state index in [2.05, 4.69) is 6.92 Å². The Balaban J connectivity index is 0.000000151. The summed E-state index contributed by atoms with van der Waals surface area (Å²) in [5.41, 5.74) is 7.97. The van der Waals surface area contributed by atoms with E-state index in [1.54, 1.807) is 121 Å². The van der Waals surface area contributed by atoms with Gasteiger partial charge in [-0.25, -0.2) is 0 Å². The molecule has 12 rings (SSSR count). The smallest absolute Gasteiger partial charge is 0.194 e. The number of Topliss-reactive ketones (excluding diaryl/α,β-unsaturated/α-hetero) is 2. The first-order valence-electron chi connectivity index (χ1n) is 22.3. The van der Waals surface area contributed by atoms with E-state index in [-0.39, 0.29) is 47.6 Å². The van der Waals surface area contributed by atoms with Crippen molar-refractivity contribution in [2.24, 2.45) is 0 Å². The number of aryl methyl sites for hydroxylation is 1. The molecule has 0 heterocycles. The van der Waals surface area contributed by atoms with Crippen molar-refractivity contribution >= 4 is 56.2 Å². The largest absolute Gasteiger partial charge is 0.507 e. The molecule has 350 valence electrons. The number of hydrogen-bond acceptors (Lipinski definition) is 12. The molecule has 12 heteroatoms. The van der Waals surface area contributed by atoms with Gasteiger partial charge in [-0.2, -0.15) is 0 Å². The van der Waals surface area contributed by atoms with Crippen LogP contribution in [0.1, 0.15) is 124 Å². The zero-order chi connectivity index (χ0) is 50.1. The zero-order valence-corrected chi connectivity index (χ0v) is 37.7. The number of phenols is 2. The van der Waals surface area contributed by atoms with Crippen LogP contribution >= 0.6 is 0 Å². The Morgan fingerprint density at radius 1 is 0.357 bits per heavy atom. The fourth-order valence-corrected chi connectivity index (χ4v) is 9.11.